The van der Waals surface area contributed by atoms with Gasteiger partial charge in [0.1, 0.15) is 171 Å². The Morgan fingerprint density at radius 2 is 0.352 bits per heavy atom. The average Bonchev–Trinajstić information content (AvgIpc) is 1.37. The summed E-state index contributed by atoms with van der Waals surface area (Å²) in [6.07, 6.45) is -75.4. The molecule has 30 aliphatic rings. The molecule has 0 aromatic carbocycles. The van der Waals surface area contributed by atoms with E-state index in [0.717, 1.165) is 0 Å². The number of rotatable bonds is 8. The summed E-state index contributed by atoms with van der Waals surface area (Å²) in [6.45, 7) is -7.93. The molecule has 2 saturated carbocycles. The molecule has 0 radical (unpaired) electrons. The summed E-state index contributed by atoms with van der Waals surface area (Å²) in [5.41, 5.74) is 0. The van der Waals surface area contributed by atoms with Crippen LogP contribution in [0, 0.1) is 11.8 Å². The van der Waals surface area contributed by atoms with E-state index in [1.165, 1.54) is 0 Å². The zero-order chi connectivity index (χ0) is 64.1. The van der Waals surface area contributed by atoms with Gasteiger partial charge in [-0.1, -0.05) is 0 Å². The van der Waals surface area contributed by atoms with Crippen molar-refractivity contribution in [2.45, 2.75) is 246 Å². The van der Waals surface area contributed by atoms with Gasteiger partial charge in [-0.05, 0) is 12.8 Å². The van der Waals surface area contributed by atoms with Crippen LogP contribution in [-0.4, -0.2) is 408 Å². The van der Waals surface area contributed by atoms with Crippen LogP contribution in [0.4, 0.5) is 0 Å². The fourth-order valence-electron chi connectivity index (χ4n) is 12.9. The Hall–Kier alpha value is -1.52. The van der Waals surface area contributed by atoms with E-state index in [4.69, 9.17) is 66.3 Å². The predicted octanol–water partition coefficient (Wildman–Crippen LogP) is -16.1. The molecule has 512 valence electrons. The van der Waals surface area contributed by atoms with E-state index in [-0.39, 0.29) is 0 Å². The molecular weight excluding hydrogens is 1210 g/mol. The smallest absolute Gasteiger partial charge is 0.187 e. The minimum absolute atomic E-state index is 0.456. The highest BCUT2D eigenvalue weighted by Gasteiger charge is 2.60. The van der Waals surface area contributed by atoms with Crippen LogP contribution < -0.4 is 0 Å². The zero-order valence-corrected chi connectivity index (χ0v) is 46.6. The van der Waals surface area contributed by atoms with Gasteiger partial charge < -0.3 is 189 Å². The van der Waals surface area contributed by atoms with E-state index in [1.54, 1.807) is 0 Å². The zero-order valence-electron chi connectivity index (χ0n) is 46.6. The molecule has 30 rings (SSSR count). The highest BCUT2D eigenvalue weighted by Crippen LogP contribution is 2.41. The van der Waals surface area contributed by atoms with Gasteiger partial charge in [0.15, 0.2) is 37.7 Å². The van der Waals surface area contributed by atoms with Gasteiger partial charge in [-0.3, -0.25) is 0 Å². The lowest BCUT2D eigenvalue weighted by molar-refractivity contribution is -0.392. The van der Waals surface area contributed by atoms with E-state index in [0.29, 0.717) is 0 Å². The number of hydrogen-bond acceptors (Lipinski definition) is 38. The lowest BCUT2D eigenvalue weighted by Crippen LogP contribution is -2.68. The molecule has 9 unspecified atom stereocenters. The normalized spacial score (nSPS) is 55.4. The third kappa shape index (κ3) is 13.8. The maximum Gasteiger partial charge on any atom is 0.187 e. The van der Waals surface area contributed by atoms with Gasteiger partial charge in [-0.15, -0.1) is 0 Å². The fourth-order valence-corrected chi connectivity index (χ4v) is 12.9. The van der Waals surface area contributed by atoms with Crippen molar-refractivity contribution in [1.29, 1.82) is 0 Å². The maximum atomic E-state index is 11.5. The van der Waals surface area contributed by atoms with E-state index in [9.17, 15) is 123 Å². The van der Waals surface area contributed by atoms with Gasteiger partial charge in [0, 0.05) is 25.0 Å². The number of hydrogen-bond donors (Lipinski definition) is 24. The van der Waals surface area contributed by atoms with E-state index in [2.05, 4.69) is 0 Å². The second-order valence-corrected chi connectivity index (χ2v) is 23.4. The molecule has 2 aliphatic carbocycles. The van der Waals surface area contributed by atoms with Crippen LogP contribution in [0.25, 0.3) is 0 Å². The summed E-state index contributed by atoms with van der Waals surface area (Å²) >= 11 is 0. The van der Waals surface area contributed by atoms with Crippen LogP contribution in [0.1, 0.15) is 12.8 Å². The molecule has 0 aromatic heterocycles. The highest BCUT2D eigenvalue weighted by atomic mass is 16.8. The summed E-state index contributed by atoms with van der Waals surface area (Å²) in [5, 5.41) is 266. The van der Waals surface area contributed by atoms with Crippen LogP contribution in [0.5, 0.6) is 0 Å². The van der Waals surface area contributed by atoms with Gasteiger partial charge in [-0.25, -0.2) is 0 Å². The summed E-state index contributed by atoms with van der Waals surface area (Å²) in [7, 11) is 0. The molecule has 40 atom stereocenters. The van der Waals surface area contributed by atoms with Crippen LogP contribution in [0.3, 0.4) is 0 Å². The van der Waals surface area contributed by atoms with Gasteiger partial charge in [0.25, 0.3) is 0 Å². The molecule has 28 aliphatic heterocycles. The first-order chi connectivity index (χ1) is 41.9. The second kappa shape index (κ2) is 30.1. The largest absolute Gasteiger partial charge is 0.396 e. The van der Waals surface area contributed by atoms with Crippen molar-refractivity contribution >= 4 is 0 Å². The molecule has 30 fully saturated rings. The number of ether oxygens (including phenoxy) is 14. The standard InChI is InChI=1S/C50H84O38/c51-3-11-1-14-22(60)23(61)37(11)83-45-33(71)27(65)41(17(7-55)79-45)85-47-31(69)25(63)39(15(5-53)77-47)75-13-2-12(4-52)38(24(62)21(13)59)84-46-34(72)28(66)42(18(8-56)80-46)87-49-36(74)30(68)44(20(10-58)82-49)88-50-35(73)29(67)43(19(9-57)81-50)86-48-32(70)26(64)40(76-14)16(6-54)78-48/h11-74H,1-10H2/t11-,12-,13?,14?,15-,16-,17-,18-,19-,20-,21+,22+,23-,24-,25-,26-,27-,28-,29-,30-,31-,32-,33-,34-,35-,36-,37-,38-,39-,40-,41-,42-,43-,44?,45?,46?,47?,48?,49?,50?/m1/s1. The Bertz CT molecular complexity index is 1700. The molecule has 24 N–H and O–H groups in total. The van der Waals surface area contributed by atoms with Gasteiger partial charge in [0.05, 0.1) is 64.1 Å². The Labute approximate surface area is 498 Å². The third-order valence-corrected chi connectivity index (χ3v) is 17.9. The van der Waals surface area contributed by atoms with E-state index in [1.807, 2.05) is 0 Å². The first kappa shape index (κ1) is 70.8. The minimum atomic E-state index is -2.22. The Morgan fingerprint density at radius 1 is 0.182 bits per heavy atom. The predicted molar refractivity (Wildman–Crippen MR) is 268 cm³/mol. The molecule has 28 heterocycles. The molecule has 38 heteroatoms. The van der Waals surface area contributed by atoms with Crippen LogP contribution >= 0.6 is 0 Å². The Morgan fingerprint density at radius 3 is 0.534 bits per heavy atom. The first-order valence-corrected chi connectivity index (χ1v) is 28.8. The lowest BCUT2D eigenvalue weighted by Gasteiger charge is -2.51. The lowest BCUT2D eigenvalue weighted by atomic mass is 9.80. The third-order valence-electron chi connectivity index (χ3n) is 17.9. The summed E-state index contributed by atoms with van der Waals surface area (Å²) < 4.78 is 80.9. The molecule has 0 amide bonds. The summed E-state index contributed by atoms with van der Waals surface area (Å²) in [4.78, 5) is 0. The quantitative estimate of drug-likeness (QED) is 0.107. The van der Waals surface area contributed by atoms with E-state index < -0.39 is 311 Å². The van der Waals surface area contributed by atoms with Crippen LogP contribution in [0.2, 0.25) is 0 Å². The molecule has 0 spiro atoms. The van der Waals surface area contributed by atoms with Crippen LogP contribution in [0.15, 0.2) is 0 Å². The molecule has 0 aromatic rings. The maximum absolute atomic E-state index is 11.5. The molecule has 16 bridgehead atoms. The molecule has 38 nitrogen and oxygen atoms in total. The number of aliphatic hydroxyl groups is 24. The second-order valence-electron chi connectivity index (χ2n) is 23.4. The SMILES string of the molecule is OC[C@H]1CC2O[C@H]3[C@H](O)[C@@H](O)C(O[C@H]4[C@H](O)[C@@H](O)C(OC5[C@@H](CO)OC(O[C@H]6[C@H](O)[C@@H](O)C(O[C@@H]7[C@@H](CO)CC(O[C@H]8[C@H](O)[C@@H](O)C(O[C@H]9[C@H](O)[C@@H](O)C(O[C@H]1[C@H](O)[C@H]2O)O[C@@H]9CO)O[C@@H]8CO)[C@H](O)[C@H]7O)O[C@@H]6CO)[C@H](O)[C@H]5O)O[C@@H]4CO)O[C@@H]3CO. The van der Waals surface area contributed by atoms with E-state index >= 15 is 0 Å². The van der Waals surface area contributed by atoms with Gasteiger partial charge >= 0.3 is 0 Å². The van der Waals surface area contributed by atoms with Gasteiger partial charge in [-0.2, -0.15) is 0 Å². The van der Waals surface area contributed by atoms with Crippen molar-refractivity contribution in [3.05, 3.63) is 0 Å². The van der Waals surface area contributed by atoms with Crippen molar-refractivity contribution < 1.29 is 189 Å². The first-order valence-electron chi connectivity index (χ1n) is 28.8. The summed E-state index contributed by atoms with van der Waals surface area (Å²) in [5.74, 6) is -2.52. The van der Waals surface area contributed by atoms with Crippen molar-refractivity contribution in [1.82, 2.24) is 0 Å². The Kier molecular flexibility index (Phi) is 24.2. The molecule has 28 saturated heterocycles. The minimum Gasteiger partial charge on any atom is -0.396 e. The molecule has 88 heavy (non-hydrogen) atoms. The fraction of sp³-hybridized carbons (Fsp3) is 1.00. The number of aliphatic hydroxyl groups excluding tert-OH is 24. The van der Waals surface area contributed by atoms with Gasteiger partial charge in [0.2, 0.25) is 0 Å². The molecular formula is C50H84O38. The topological polar surface area (TPSA) is 615 Å². The van der Waals surface area contributed by atoms with Crippen LogP contribution in [-0.2, 0) is 66.3 Å². The Balaban J connectivity index is 0.975. The summed E-state index contributed by atoms with van der Waals surface area (Å²) in [6, 6.07) is 0. The average molecular weight is 1290 g/mol. The highest BCUT2D eigenvalue weighted by molar-refractivity contribution is 5.04. The monoisotopic (exact) mass is 1290 g/mol. The van der Waals surface area contributed by atoms with Crippen molar-refractivity contribution in [3.63, 3.8) is 0 Å². The van der Waals surface area contributed by atoms with Crippen molar-refractivity contribution in [2.75, 3.05) is 52.9 Å². The van der Waals surface area contributed by atoms with Crippen molar-refractivity contribution in [2.24, 2.45) is 11.8 Å². The van der Waals surface area contributed by atoms with Crippen molar-refractivity contribution in [3.8, 4) is 0 Å².